The first-order valence-corrected chi connectivity index (χ1v) is 7.71. The Morgan fingerprint density at radius 1 is 1.00 bits per heavy atom. The molecule has 1 N–H and O–H groups in total. The van der Waals surface area contributed by atoms with Crippen molar-refractivity contribution in [1.29, 1.82) is 0 Å². The van der Waals surface area contributed by atoms with Crippen LogP contribution in [0, 0.1) is 12.7 Å². The number of nitrogens with one attached hydrogen (secondary N) is 1. The molecule has 2 aromatic carbocycles. The predicted octanol–water partition coefficient (Wildman–Crippen LogP) is 4.59. The second-order valence-corrected chi connectivity index (χ2v) is 5.49. The summed E-state index contributed by atoms with van der Waals surface area (Å²) in [7, 11) is 0. The lowest BCUT2D eigenvalue weighted by molar-refractivity contribution is 0.540. The van der Waals surface area contributed by atoms with Gasteiger partial charge in [-0.2, -0.15) is 0 Å². The predicted molar refractivity (Wildman–Crippen MR) is 87.1 cm³/mol. The van der Waals surface area contributed by atoms with Gasteiger partial charge in [0.2, 0.25) is 0 Å². The van der Waals surface area contributed by atoms with E-state index in [2.05, 4.69) is 43.4 Å². The standard InChI is InChI=1S/C19H24FN/c1-4-15-7-9-16(10-8-15)12-19(21-5-2)18-13-17(20)11-6-14(18)3/h6-11,13,19,21H,4-5,12H2,1-3H3. The van der Waals surface area contributed by atoms with Crippen LogP contribution >= 0.6 is 0 Å². The molecule has 1 nitrogen and oxygen atoms in total. The molecule has 0 aliphatic rings. The van der Waals surface area contributed by atoms with Crippen LogP contribution in [0.25, 0.3) is 0 Å². The number of likely N-dealkylation sites (N-methyl/N-ethyl adjacent to an activating group) is 1. The molecule has 1 unspecified atom stereocenters. The van der Waals surface area contributed by atoms with Crippen LogP contribution in [0.15, 0.2) is 42.5 Å². The van der Waals surface area contributed by atoms with Gasteiger partial charge in [-0.15, -0.1) is 0 Å². The molecule has 0 aliphatic carbocycles. The third-order valence-electron chi connectivity index (χ3n) is 3.94. The van der Waals surface area contributed by atoms with Crippen LogP contribution in [0.3, 0.4) is 0 Å². The fraction of sp³-hybridized carbons (Fsp3) is 0.368. The zero-order chi connectivity index (χ0) is 15.2. The van der Waals surface area contributed by atoms with Crippen LogP contribution in [0.4, 0.5) is 4.39 Å². The Morgan fingerprint density at radius 2 is 1.67 bits per heavy atom. The first kappa shape index (κ1) is 15.7. The Kier molecular flexibility index (Phi) is 5.51. The molecular formula is C19H24FN. The van der Waals surface area contributed by atoms with Crippen molar-refractivity contribution in [1.82, 2.24) is 5.32 Å². The molecule has 0 fully saturated rings. The van der Waals surface area contributed by atoms with Crippen molar-refractivity contribution in [3.63, 3.8) is 0 Å². The summed E-state index contributed by atoms with van der Waals surface area (Å²) in [6.07, 6.45) is 1.93. The minimum atomic E-state index is -0.167. The Hall–Kier alpha value is -1.67. The molecule has 0 spiro atoms. The molecular weight excluding hydrogens is 261 g/mol. The highest BCUT2D eigenvalue weighted by Crippen LogP contribution is 2.23. The molecule has 1 atom stereocenters. The fourth-order valence-electron chi connectivity index (χ4n) is 2.67. The Bertz CT molecular complexity index is 575. The Morgan fingerprint density at radius 3 is 2.29 bits per heavy atom. The lowest BCUT2D eigenvalue weighted by Gasteiger charge is -2.21. The summed E-state index contributed by atoms with van der Waals surface area (Å²) in [5.41, 5.74) is 4.81. The fourth-order valence-corrected chi connectivity index (χ4v) is 2.67. The van der Waals surface area contributed by atoms with Gasteiger partial charge in [-0.1, -0.05) is 44.2 Å². The minimum Gasteiger partial charge on any atom is -0.310 e. The first-order chi connectivity index (χ1) is 10.1. The molecule has 2 aromatic rings. The Balaban J connectivity index is 2.23. The molecule has 0 radical (unpaired) electrons. The molecule has 2 heteroatoms. The average molecular weight is 285 g/mol. The highest BCUT2D eigenvalue weighted by molar-refractivity contribution is 5.32. The van der Waals surface area contributed by atoms with Gasteiger partial charge in [0.1, 0.15) is 5.82 Å². The van der Waals surface area contributed by atoms with Gasteiger partial charge in [-0.3, -0.25) is 0 Å². The number of halogens is 1. The summed E-state index contributed by atoms with van der Waals surface area (Å²) in [6.45, 7) is 7.15. The summed E-state index contributed by atoms with van der Waals surface area (Å²) in [6, 6.07) is 13.9. The van der Waals surface area contributed by atoms with Crippen LogP contribution in [-0.2, 0) is 12.8 Å². The molecule has 0 heterocycles. The zero-order valence-corrected chi connectivity index (χ0v) is 13.1. The third kappa shape index (κ3) is 4.15. The van der Waals surface area contributed by atoms with Gasteiger partial charge in [0.05, 0.1) is 0 Å². The molecule has 0 amide bonds. The minimum absolute atomic E-state index is 0.151. The van der Waals surface area contributed by atoms with Gasteiger partial charge >= 0.3 is 0 Å². The maximum absolute atomic E-state index is 13.6. The van der Waals surface area contributed by atoms with Crippen LogP contribution in [0.2, 0.25) is 0 Å². The number of rotatable bonds is 6. The highest BCUT2D eigenvalue weighted by Gasteiger charge is 2.14. The third-order valence-corrected chi connectivity index (χ3v) is 3.94. The summed E-state index contributed by atoms with van der Waals surface area (Å²) >= 11 is 0. The molecule has 0 saturated carbocycles. The second-order valence-electron chi connectivity index (χ2n) is 5.49. The van der Waals surface area contributed by atoms with Crippen molar-refractivity contribution in [3.05, 3.63) is 70.5 Å². The van der Waals surface area contributed by atoms with Crippen molar-refractivity contribution in [3.8, 4) is 0 Å². The Labute approximate surface area is 127 Å². The van der Waals surface area contributed by atoms with Crippen LogP contribution in [0.1, 0.15) is 42.1 Å². The quantitative estimate of drug-likeness (QED) is 0.818. The highest BCUT2D eigenvalue weighted by atomic mass is 19.1. The van der Waals surface area contributed by atoms with Gasteiger partial charge in [-0.25, -0.2) is 4.39 Å². The number of hydrogen-bond donors (Lipinski definition) is 1. The molecule has 21 heavy (non-hydrogen) atoms. The van der Waals surface area contributed by atoms with Gasteiger partial charge in [0.15, 0.2) is 0 Å². The smallest absolute Gasteiger partial charge is 0.123 e. The van der Waals surface area contributed by atoms with E-state index in [0.29, 0.717) is 0 Å². The van der Waals surface area contributed by atoms with E-state index in [1.165, 1.54) is 17.2 Å². The van der Waals surface area contributed by atoms with E-state index in [0.717, 1.165) is 30.5 Å². The van der Waals surface area contributed by atoms with E-state index < -0.39 is 0 Å². The summed E-state index contributed by atoms with van der Waals surface area (Å²) in [5.74, 6) is -0.167. The van der Waals surface area contributed by atoms with E-state index in [-0.39, 0.29) is 11.9 Å². The van der Waals surface area contributed by atoms with Crippen molar-refractivity contribution in [2.75, 3.05) is 6.54 Å². The van der Waals surface area contributed by atoms with E-state index in [1.807, 2.05) is 13.0 Å². The monoisotopic (exact) mass is 285 g/mol. The topological polar surface area (TPSA) is 12.0 Å². The lowest BCUT2D eigenvalue weighted by Crippen LogP contribution is -2.24. The molecule has 0 saturated heterocycles. The van der Waals surface area contributed by atoms with E-state index >= 15 is 0 Å². The van der Waals surface area contributed by atoms with Gasteiger partial charge in [-0.05, 0) is 60.7 Å². The van der Waals surface area contributed by atoms with E-state index in [4.69, 9.17) is 0 Å². The molecule has 0 aromatic heterocycles. The van der Waals surface area contributed by atoms with Crippen molar-refractivity contribution < 1.29 is 4.39 Å². The maximum Gasteiger partial charge on any atom is 0.123 e. The molecule has 2 rings (SSSR count). The largest absolute Gasteiger partial charge is 0.310 e. The van der Waals surface area contributed by atoms with Crippen molar-refractivity contribution in [2.24, 2.45) is 0 Å². The number of benzene rings is 2. The SMILES string of the molecule is CCNC(Cc1ccc(CC)cc1)c1cc(F)ccc1C. The van der Waals surface area contributed by atoms with Crippen LogP contribution in [0.5, 0.6) is 0 Å². The van der Waals surface area contributed by atoms with Gasteiger partial charge in [0.25, 0.3) is 0 Å². The number of hydrogen-bond acceptors (Lipinski definition) is 1. The van der Waals surface area contributed by atoms with Crippen molar-refractivity contribution >= 4 is 0 Å². The summed E-state index contributed by atoms with van der Waals surface area (Å²) < 4.78 is 13.6. The van der Waals surface area contributed by atoms with Crippen LogP contribution < -0.4 is 5.32 Å². The average Bonchev–Trinajstić information content (AvgIpc) is 2.50. The van der Waals surface area contributed by atoms with E-state index in [1.54, 1.807) is 6.07 Å². The van der Waals surface area contributed by atoms with Gasteiger partial charge < -0.3 is 5.32 Å². The first-order valence-electron chi connectivity index (χ1n) is 7.71. The molecule has 0 aliphatic heterocycles. The molecule has 0 bridgehead atoms. The number of aryl methyl sites for hydroxylation is 2. The second kappa shape index (κ2) is 7.37. The lowest BCUT2D eigenvalue weighted by atomic mass is 9.94. The zero-order valence-electron chi connectivity index (χ0n) is 13.1. The summed E-state index contributed by atoms with van der Waals surface area (Å²) in [4.78, 5) is 0. The van der Waals surface area contributed by atoms with Crippen LogP contribution in [-0.4, -0.2) is 6.54 Å². The summed E-state index contributed by atoms with van der Waals surface area (Å²) in [5, 5.41) is 3.48. The van der Waals surface area contributed by atoms with Crippen molar-refractivity contribution in [2.45, 2.75) is 39.7 Å². The van der Waals surface area contributed by atoms with E-state index in [9.17, 15) is 4.39 Å². The normalized spacial score (nSPS) is 12.4. The van der Waals surface area contributed by atoms with Gasteiger partial charge in [0, 0.05) is 6.04 Å². The maximum atomic E-state index is 13.6. The molecule has 112 valence electrons.